The van der Waals surface area contributed by atoms with Gasteiger partial charge < -0.3 is 8.94 Å². The highest BCUT2D eigenvalue weighted by Crippen LogP contribution is 2.25. The zero-order valence-electron chi connectivity index (χ0n) is 15.7. The second kappa shape index (κ2) is 7.11. The number of rotatable bonds is 4. The standard InChI is InChI=1S/C21H16N4O5/c26-17-9-7-14(20(27)22-17)25-15-10-12(6-8-16(15)29-21(25)28)11-18-23-19(24-30-18)13-4-2-1-3-5-13/h1-6,8,10,14H,7,9,11H2,(H,22,26,27)/t14-/m0/s1. The molecule has 3 heterocycles. The average molecular weight is 404 g/mol. The first-order chi connectivity index (χ1) is 14.6. The van der Waals surface area contributed by atoms with Crippen molar-refractivity contribution in [3.8, 4) is 11.4 Å². The van der Waals surface area contributed by atoms with Gasteiger partial charge in [-0.1, -0.05) is 41.6 Å². The van der Waals surface area contributed by atoms with Crippen molar-refractivity contribution < 1.29 is 18.5 Å². The molecule has 5 rings (SSSR count). The number of nitrogens with zero attached hydrogens (tertiary/aromatic N) is 3. The van der Waals surface area contributed by atoms with Crippen LogP contribution in [0, 0.1) is 0 Å². The van der Waals surface area contributed by atoms with E-state index in [2.05, 4.69) is 15.5 Å². The van der Waals surface area contributed by atoms with Crippen LogP contribution in [0.25, 0.3) is 22.5 Å². The number of oxazole rings is 1. The molecule has 1 aliphatic rings. The summed E-state index contributed by atoms with van der Waals surface area (Å²) in [6, 6.07) is 13.9. The third-order valence-electron chi connectivity index (χ3n) is 5.05. The SMILES string of the molecule is O=C1CC[C@H](n2c(=O)oc3ccc(Cc4nc(-c5ccccc5)no4)cc32)C(=O)N1. The molecule has 1 saturated heterocycles. The molecule has 4 aromatic rings. The van der Waals surface area contributed by atoms with Crippen molar-refractivity contribution >= 4 is 22.9 Å². The summed E-state index contributed by atoms with van der Waals surface area (Å²) in [5.41, 5.74) is 2.51. The number of piperidine rings is 1. The van der Waals surface area contributed by atoms with E-state index in [4.69, 9.17) is 8.94 Å². The Morgan fingerprint density at radius 2 is 1.93 bits per heavy atom. The zero-order valence-corrected chi connectivity index (χ0v) is 15.7. The molecule has 1 aliphatic heterocycles. The number of fused-ring (bicyclic) bond motifs is 1. The largest absolute Gasteiger partial charge is 0.420 e. The zero-order chi connectivity index (χ0) is 20.7. The van der Waals surface area contributed by atoms with Crippen molar-refractivity contribution in [1.29, 1.82) is 0 Å². The first kappa shape index (κ1) is 18.0. The Hall–Kier alpha value is -4.01. The van der Waals surface area contributed by atoms with Crippen LogP contribution < -0.4 is 11.1 Å². The quantitative estimate of drug-likeness (QED) is 0.518. The van der Waals surface area contributed by atoms with Gasteiger partial charge in [0.15, 0.2) is 5.58 Å². The predicted molar refractivity (Wildman–Crippen MR) is 104 cm³/mol. The fourth-order valence-electron chi connectivity index (χ4n) is 3.62. The summed E-state index contributed by atoms with van der Waals surface area (Å²) in [6.45, 7) is 0. The van der Waals surface area contributed by atoms with Crippen LogP contribution in [0.15, 0.2) is 62.3 Å². The van der Waals surface area contributed by atoms with Crippen LogP contribution in [0.3, 0.4) is 0 Å². The molecule has 1 fully saturated rings. The maximum atomic E-state index is 12.4. The van der Waals surface area contributed by atoms with E-state index in [-0.39, 0.29) is 18.7 Å². The molecule has 0 spiro atoms. The molecule has 9 heteroatoms. The summed E-state index contributed by atoms with van der Waals surface area (Å²) in [6.07, 6.45) is 0.761. The van der Waals surface area contributed by atoms with Crippen molar-refractivity contribution in [2.75, 3.05) is 0 Å². The van der Waals surface area contributed by atoms with Crippen molar-refractivity contribution in [1.82, 2.24) is 20.0 Å². The lowest BCUT2D eigenvalue weighted by Crippen LogP contribution is -2.43. The van der Waals surface area contributed by atoms with Gasteiger partial charge in [0.2, 0.25) is 23.5 Å². The summed E-state index contributed by atoms with van der Waals surface area (Å²) < 4.78 is 11.9. The van der Waals surface area contributed by atoms with E-state index in [0.717, 1.165) is 11.1 Å². The Kier molecular flexibility index (Phi) is 4.27. The highest BCUT2D eigenvalue weighted by atomic mass is 16.5. The van der Waals surface area contributed by atoms with Gasteiger partial charge in [0, 0.05) is 12.0 Å². The number of aromatic nitrogens is 3. The summed E-state index contributed by atoms with van der Waals surface area (Å²) in [4.78, 5) is 40.5. The van der Waals surface area contributed by atoms with Crippen LogP contribution >= 0.6 is 0 Å². The Labute approximate surface area is 169 Å². The molecule has 2 aromatic heterocycles. The monoisotopic (exact) mass is 404 g/mol. The average Bonchev–Trinajstić information content (AvgIpc) is 3.33. The van der Waals surface area contributed by atoms with E-state index < -0.39 is 17.7 Å². The molecule has 1 atom stereocenters. The van der Waals surface area contributed by atoms with E-state index in [9.17, 15) is 14.4 Å². The van der Waals surface area contributed by atoms with Crippen molar-refractivity contribution in [3.63, 3.8) is 0 Å². The third kappa shape index (κ3) is 3.20. The summed E-state index contributed by atoms with van der Waals surface area (Å²) >= 11 is 0. The fraction of sp³-hybridized carbons (Fsp3) is 0.190. The van der Waals surface area contributed by atoms with E-state index in [0.29, 0.717) is 29.2 Å². The molecule has 0 saturated carbocycles. The highest BCUT2D eigenvalue weighted by Gasteiger charge is 2.31. The van der Waals surface area contributed by atoms with Crippen molar-refractivity contribution in [2.24, 2.45) is 0 Å². The number of carbonyl (C=O) groups is 2. The van der Waals surface area contributed by atoms with Gasteiger partial charge in [-0.05, 0) is 24.1 Å². The molecular formula is C21H16N4O5. The number of imide groups is 1. The van der Waals surface area contributed by atoms with Gasteiger partial charge in [-0.15, -0.1) is 0 Å². The predicted octanol–water partition coefficient (Wildman–Crippen LogP) is 2.21. The van der Waals surface area contributed by atoms with Gasteiger partial charge in [-0.3, -0.25) is 19.5 Å². The van der Waals surface area contributed by atoms with Gasteiger partial charge in [0.1, 0.15) is 6.04 Å². The minimum Gasteiger partial charge on any atom is -0.408 e. The second-order valence-electron chi connectivity index (χ2n) is 7.06. The molecule has 150 valence electrons. The molecule has 30 heavy (non-hydrogen) atoms. The first-order valence-corrected chi connectivity index (χ1v) is 9.44. The minimum absolute atomic E-state index is 0.166. The fourth-order valence-corrected chi connectivity index (χ4v) is 3.62. The Morgan fingerprint density at radius 3 is 2.73 bits per heavy atom. The molecule has 0 unspecified atom stereocenters. The Morgan fingerprint density at radius 1 is 1.10 bits per heavy atom. The molecule has 0 bridgehead atoms. The normalized spacial score (nSPS) is 16.7. The minimum atomic E-state index is -0.792. The molecular weight excluding hydrogens is 388 g/mol. The van der Waals surface area contributed by atoms with Crippen LogP contribution in [-0.2, 0) is 16.0 Å². The molecule has 9 nitrogen and oxygen atoms in total. The van der Waals surface area contributed by atoms with Crippen LogP contribution in [-0.4, -0.2) is 26.5 Å². The van der Waals surface area contributed by atoms with Gasteiger partial charge in [-0.2, -0.15) is 4.98 Å². The molecule has 1 N–H and O–H groups in total. The summed E-state index contributed by atoms with van der Waals surface area (Å²) in [5, 5.41) is 6.28. The maximum absolute atomic E-state index is 12.4. The molecule has 0 radical (unpaired) electrons. The third-order valence-corrected chi connectivity index (χ3v) is 5.05. The first-order valence-electron chi connectivity index (χ1n) is 9.44. The van der Waals surface area contributed by atoms with Crippen LogP contribution in [0.4, 0.5) is 0 Å². The van der Waals surface area contributed by atoms with E-state index in [1.165, 1.54) is 4.57 Å². The Balaban J connectivity index is 1.47. The maximum Gasteiger partial charge on any atom is 0.420 e. The lowest BCUT2D eigenvalue weighted by Gasteiger charge is -2.21. The van der Waals surface area contributed by atoms with Gasteiger partial charge >= 0.3 is 5.76 Å². The molecule has 0 aliphatic carbocycles. The topological polar surface area (TPSA) is 120 Å². The summed E-state index contributed by atoms with van der Waals surface area (Å²) in [5.74, 6) is -0.572. The summed E-state index contributed by atoms with van der Waals surface area (Å²) in [7, 11) is 0. The second-order valence-corrected chi connectivity index (χ2v) is 7.06. The van der Waals surface area contributed by atoms with Gasteiger partial charge in [-0.25, -0.2) is 4.79 Å². The van der Waals surface area contributed by atoms with E-state index >= 15 is 0 Å². The highest BCUT2D eigenvalue weighted by molar-refractivity contribution is 6.00. The molecule has 2 aromatic carbocycles. The van der Waals surface area contributed by atoms with Crippen LogP contribution in [0.5, 0.6) is 0 Å². The van der Waals surface area contributed by atoms with E-state index in [1.54, 1.807) is 18.2 Å². The smallest absolute Gasteiger partial charge is 0.408 e. The number of hydrogen-bond acceptors (Lipinski definition) is 7. The number of hydrogen-bond donors (Lipinski definition) is 1. The molecule has 2 amide bonds. The van der Waals surface area contributed by atoms with E-state index in [1.807, 2.05) is 30.3 Å². The van der Waals surface area contributed by atoms with Crippen molar-refractivity contribution in [2.45, 2.75) is 25.3 Å². The van der Waals surface area contributed by atoms with Crippen LogP contribution in [0.2, 0.25) is 0 Å². The number of nitrogens with one attached hydrogen (secondary N) is 1. The number of carbonyl (C=O) groups excluding carboxylic acids is 2. The van der Waals surface area contributed by atoms with Crippen LogP contribution in [0.1, 0.15) is 30.3 Å². The lowest BCUT2D eigenvalue weighted by molar-refractivity contribution is -0.135. The Bertz CT molecular complexity index is 1320. The van der Waals surface area contributed by atoms with Crippen molar-refractivity contribution in [3.05, 3.63) is 70.5 Å². The van der Waals surface area contributed by atoms with Gasteiger partial charge in [0.05, 0.1) is 11.9 Å². The lowest BCUT2D eigenvalue weighted by atomic mass is 10.1. The van der Waals surface area contributed by atoms with Gasteiger partial charge in [0.25, 0.3) is 0 Å². The number of amides is 2. The number of benzene rings is 2.